The molecule has 1 aliphatic heterocycles. The molecule has 1 N–H and O–H groups in total. The molecule has 148 valence electrons. The highest BCUT2D eigenvalue weighted by molar-refractivity contribution is 6.32. The van der Waals surface area contributed by atoms with Gasteiger partial charge in [0.2, 0.25) is 17.8 Å². The first-order chi connectivity index (χ1) is 13.5. The number of aromatic nitrogens is 3. The lowest BCUT2D eigenvalue weighted by Crippen LogP contribution is -2.38. The average molecular weight is 403 g/mol. The highest BCUT2D eigenvalue weighted by Crippen LogP contribution is 2.16. The van der Waals surface area contributed by atoms with E-state index in [1.807, 2.05) is 37.2 Å². The maximum absolute atomic E-state index is 12.2. The summed E-state index contributed by atoms with van der Waals surface area (Å²) in [6.45, 7) is 2.93. The average Bonchev–Trinajstić information content (AvgIpc) is 2.72. The third-order valence-corrected chi connectivity index (χ3v) is 4.44. The molecule has 0 atom stereocenters. The Kier molecular flexibility index (Phi) is 6.78. The number of morpholine rings is 1. The third kappa shape index (κ3) is 5.40. The summed E-state index contributed by atoms with van der Waals surface area (Å²) in [6.07, 6.45) is 3.12. The molecule has 1 fully saturated rings. The van der Waals surface area contributed by atoms with Crippen LogP contribution in [-0.2, 0) is 16.1 Å². The quantitative estimate of drug-likeness (QED) is 0.737. The molecule has 1 amide bonds. The van der Waals surface area contributed by atoms with Crippen LogP contribution >= 0.6 is 11.6 Å². The van der Waals surface area contributed by atoms with Gasteiger partial charge in [0.1, 0.15) is 0 Å². The Morgan fingerprint density at radius 3 is 2.71 bits per heavy atom. The molecule has 0 spiro atoms. The van der Waals surface area contributed by atoms with Gasteiger partial charge in [-0.15, -0.1) is 0 Å². The Bertz CT molecular complexity index is 852. The second-order valence-corrected chi connectivity index (χ2v) is 6.83. The zero-order chi connectivity index (χ0) is 19.9. The SMILES string of the molecule is CN(C)c1nc(CNC(=O)C=Cc2ccccc2Cl)nc(N2CCOCC2)n1. The summed E-state index contributed by atoms with van der Waals surface area (Å²) in [7, 11) is 3.74. The molecule has 0 bridgehead atoms. The Hall–Kier alpha value is -2.71. The predicted molar refractivity (Wildman–Crippen MR) is 110 cm³/mol. The van der Waals surface area contributed by atoms with Crippen LogP contribution < -0.4 is 15.1 Å². The molecule has 0 aliphatic carbocycles. The summed E-state index contributed by atoms with van der Waals surface area (Å²) in [6, 6.07) is 7.33. The number of halogens is 1. The molecule has 0 unspecified atom stereocenters. The number of hydrogen-bond donors (Lipinski definition) is 1. The van der Waals surface area contributed by atoms with Crippen LogP contribution in [0.1, 0.15) is 11.4 Å². The van der Waals surface area contributed by atoms with Crippen molar-refractivity contribution >= 4 is 35.5 Å². The summed E-state index contributed by atoms with van der Waals surface area (Å²) < 4.78 is 5.38. The van der Waals surface area contributed by atoms with Crippen LogP contribution in [0, 0.1) is 0 Å². The zero-order valence-electron chi connectivity index (χ0n) is 15.9. The molecule has 9 heteroatoms. The van der Waals surface area contributed by atoms with Gasteiger partial charge in [0.15, 0.2) is 5.82 Å². The minimum atomic E-state index is -0.250. The molecular weight excluding hydrogens is 380 g/mol. The number of amides is 1. The van der Waals surface area contributed by atoms with Gasteiger partial charge >= 0.3 is 0 Å². The van der Waals surface area contributed by atoms with Crippen LogP contribution in [-0.4, -0.2) is 61.3 Å². The first-order valence-electron chi connectivity index (χ1n) is 8.98. The fourth-order valence-corrected chi connectivity index (χ4v) is 2.78. The maximum Gasteiger partial charge on any atom is 0.244 e. The van der Waals surface area contributed by atoms with E-state index >= 15 is 0 Å². The van der Waals surface area contributed by atoms with Crippen molar-refractivity contribution in [2.75, 3.05) is 50.2 Å². The molecular formula is C19H23ClN6O2. The van der Waals surface area contributed by atoms with Crippen LogP contribution in [0.25, 0.3) is 6.08 Å². The number of nitrogens with zero attached hydrogens (tertiary/aromatic N) is 5. The zero-order valence-corrected chi connectivity index (χ0v) is 16.7. The smallest absolute Gasteiger partial charge is 0.244 e. The van der Waals surface area contributed by atoms with E-state index in [0.29, 0.717) is 36.0 Å². The van der Waals surface area contributed by atoms with Crippen molar-refractivity contribution in [3.8, 4) is 0 Å². The van der Waals surface area contributed by atoms with Crippen molar-refractivity contribution in [2.24, 2.45) is 0 Å². The lowest BCUT2D eigenvalue weighted by molar-refractivity contribution is -0.116. The van der Waals surface area contributed by atoms with Gasteiger partial charge in [-0.3, -0.25) is 4.79 Å². The van der Waals surface area contributed by atoms with E-state index in [1.165, 1.54) is 6.08 Å². The second kappa shape index (κ2) is 9.48. The second-order valence-electron chi connectivity index (χ2n) is 6.42. The normalized spacial score (nSPS) is 14.3. The van der Waals surface area contributed by atoms with Crippen LogP contribution in [0.2, 0.25) is 5.02 Å². The molecule has 8 nitrogen and oxygen atoms in total. The number of benzene rings is 1. The van der Waals surface area contributed by atoms with E-state index in [4.69, 9.17) is 16.3 Å². The minimum Gasteiger partial charge on any atom is -0.378 e. The van der Waals surface area contributed by atoms with Gasteiger partial charge in [0, 0.05) is 38.3 Å². The molecule has 0 radical (unpaired) electrons. The Morgan fingerprint density at radius 2 is 2.00 bits per heavy atom. The Labute approximate surface area is 169 Å². The Balaban J connectivity index is 1.68. The van der Waals surface area contributed by atoms with Gasteiger partial charge in [-0.2, -0.15) is 15.0 Å². The number of anilines is 2. The van der Waals surface area contributed by atoms with Crippen molar-refractivity contribution in [3.63, 3.8) is 0 Å². The lowest BCUT2D eigenvalue weighted by Gasteiger charge is -2.27. The lowest BCUT2D eigenvalue weighted by atomic mass is 10.2. The molecule has 3 rings (SSSR count). The van der Waals surface area contributed by atoms with Gasteiger partial charge in [-0.25, -0.2) is 0 Å². The highest BCUT2D eigenvalue weighted by Gasteiger charge is 2.17. The van der Waals surface area contributed by atoms with E-state index in [0.717, 1.165) is 18.7 Å². The number of ether oxygens (including phenoxy) is 1. The van der Waals surface area contributed by atoms with Crippen molar-refractivity contribution in [3.05, 3.63) is 46.8 Å². The standard InChI is InChI=1S/C19H23ClN6O2/c1-25(2)18-22-16(23-19(24-18)26-9-11-28-12-10-26)13-21-17(27)8-7-14-5-3-4-6-15(14)20/h3-8H,9-13H2,1-2H3,(H,21,27). The van der Waals surface area contributed by atoms with E-state index in [2.05, 4.69) is 25.2 Å². The summed E-state index contributed by atoms with van der Waals surface area (Å²) in [4.78, 5) is 29.5. The monoisotopic (exact) mass is 402 g/mol. The minimum absolute atomic E-state index is 0.201. The van der Waals surface area contributed by atoms with Crippen molar-refractivity contribution in [1.82, 2.24) is 20.3 Å². The van der Waals surface area contributed by atoms with Crippen LogP contribution in [0.3, 0.4) is 0 Å². The topological polar surface area (TPSA) is 83.5 Å². The molecule has 2 aromatic rings. The Morgan fingerprint density at radius 1 is 1.25 bits per heavy atom. The van der Waals surface area contributed by atoms with Crippen molar-refractivity contribution in [2.45, 2.75) is 6.54 Å². The summed E-state index contributed by atoms with van der Waals surface area (Å²) >= 11 is 6.09. The van der Waals surface area contributed by atoms with Crippen LogP contribution in [0.5, 0.6) is 0 Å². The van der Waals surface area contributed by atoms with Crippen molar-refractivity contribution in [1.29, 1.82) is 0 Å². The van der Waals surface area contributed by atoms with E-state index in [1.54, 1.807) is 12.1 Å². The molecule has 1 aliphatic rings. The first kappa shape index (κ1) is 20.0. The van der Waals surface area contributed by atoms with Gasteiger partial charge in [0.25, 0.3) is 0 Å². The van der Waals surface area contributed by atoms with Gasteiger partial charge < -0.3 is 19.9 Å². The fourth-order valence-electron chi connectivity index (χ4n) is 2.58. The van der Waals surface area contributed by atoms with Crippen molar-refractivity contribution < 1.29 is 9.53 Å². The molecule has 28 heavy (non-hydrogen) atoms. The van der Waals surface area contributed by atoms with Gasteiger partial charge in [0.05, 0.1) is 19.8 Å². The maximum atomic E-state index is 12.2. The van der Waals surface area contributed by atoms with Gasteiger partial charge in [-0.05, 0) is 17.7 Å². The first-order valence-corrected chi connectivity index (χ1v) is 9.36. The number of carbonyl (C=O) groups excluding carboxylic acids is 1. The largest absolute Gasteiger partial charge is 0.378 e. The summed E-state index contributed by atoms with van der Waals surface area (Å²) in [5.74, 6) is 1.39. The van der Waals surface area contributed by atoms with E-state index < -0.39 is 0 Å². The molecule has 1 aromatic carbocycles. The van der Waals surface area contributed by atoms with Gasteiger partial charge in [-0.1, -0.05) is 29.8 Å². The number of nitrogens with one attached hydrogen (secondary N) is 1. The van der Waals surface area contributed by atoms with E-state index in [-0.39, 0.29) is 12.5 Å². The molecule has 1 saturated heterocycles. The van der Waals surface area contributed by atoms with Crippen LogP contribution in [0.4, 0.5) is 11.9 Å². The number of rotatable bonds is 6. The third-order valence-electron chi connectivity index (χ3n) is 4.09. The molecule has 2 heterocycles. The van der Waals surface area contributed by atoms with Crippen LogP contribution in [0.15, 0.2) is 30.3 Å². The summed E-state index contributed by atoms with van der Waals surface area (Å²) in [5, 5.41) is 3.39. The number of carbonyl (C=O) groups is 1. The molecule has 0 saturated carbocycles. The highest BCUT2D eigenvalue weighted by atomic mass is 35.5. The number of hydrogen-bond acceptors (Lipinski definition) is 7. The van der Waals surface area contributed by atoms with E-state index in [9.17, 15) is 4.79 Å². The summed E-state index contributed by atoms with van der Waals surface area (Å²) in [5.41, 5.74) is 0.781. The predicted octanol–water partition coefficient (Wildman–Crippen LogP) is 1.76. The fraction of sp³-hybridized carbons (Fsp3) is 0.368. The molecule has 1 aromatic heterocycles.